The lowest BCUT2D eigenvalue weighted by atomic mass is 10.1. The first-order valence-corrected chi connectivity index (χ1v) is 11.0. The van der Waals surface area contributed by atoms with E-state index in [2.05, 4.69) is 9.88 Å². The minimum absolute atomic E-state index is 0.0365. The zero-order chi connectivity index (χ0) is 22.9. The van der Waals surface area contributed by atoms with Gasteiger partial charge in [0.1, 0.15) is 6.61 Å². The van der Waals surface area contributed by atoms with E-state index in [1.807, 2.05) is 24.0 Å². The van der Waals surface area contributed by atoms with Crippen LogP contribution < -0.4 is 9.47 Å². The molecule has 0 atom stereocenters. The Balaban J connectivity index is 1.65. The first-order chi connectivity index (χ1) is 15.5. The number of carbonyl (C=O) groups excluding carboxylic acids is 2. The maximum absolute atomic E-state index is 13.2. The maximum atomic E-state index is 13.2. The van der Waals surface area contributed by atoms with E-state index in [4.69, 9.17) is 9.47 Å². The van der Waals surface area contributed by atoms with Crippen LogP contribution in [-0.4, -0.2) is 84.9 Å². The van der Waals surface area contributed by atoms with E-state index < -0.39 is 0 Å². The largest absolute Gasteiger partial charge is 0.490 e. The summed E-state index contributed by atoms with van der Waals surface area (Å²) in [5.74, 6) is 1.19. The molecule has 1 aliphatic rings. The van der Waals surface area contributed by atoms with Gasteiger partial charge in [0.2, 0.25) is 5.91 Å². The van der Waals surface area contributed by atoms with Gasteiger partial charge in [-0.3, -0.25) is 19.5 Å². The van der Waals surface area contributed by atoms with Crippen molar-refractivity contribution >= 4 is 11.8 Å². The average Bonchev–Trinajstić information content (AvgIpc) is 3.04. The van der Waals surface area contributed by atoms with Crippen LogP contribution in [0.3, 0.4) is 0 Å². The Morgan fingerprint density at radius 2 is 1.91 bits per heavy atom. The van der Waals surface area contributed by atoms with Gasteiger partial charge in [-0.2, -0.15) is 0 Å². The van der Waals surface area contributed by atoms with Crippen molar-refractivity contribution in [3.05, 3.63) is 53.9 Å². The van der Waals surface area contributed by atoms with Crippen LogP contribution in [-0.2, 0) is 11.4 Å². The van der Waals surface area contributed by atoms with E-state index in [1.165, 1.54) is 0 Å². The Morgan fingerprint density at radius 1 is 1.06 bits per heavy atom. The van der Waals surface area contributed by atoms with Crippen LogP contribution in [0.5, 0.6) is 11.5 Å². The summed E-state index contributed by atoms with van der Waals surface area (Å²) >= 11 is 0. The monoisotopic (exact) mass is 440 g/mol. The molecule has 0 radical (unpaired) electrons. The van der Waals surface area contributed by atoms with Gasteiger partial charge < -0.3 is 19.3 Å². The van der Waals surface area contributed by atoms with Gasteiger partial charge in [0.25, 0.3) is 5.91 Å². The summed E-state index contributed by atoms with van der Waals surface area (Å²) in [5.41, 5.74) is 1.52. The third-order valence-electron chi connectivity index (χ3n) is 5.34. The van der Waals surface area contributed by atoms with Crippen molar-refractivity contribution in [3.8, 4) is 11.5 Å². The molecule has 32 heavy (non-hydrogen) atoms. The number of nitrogens with zero attached hydrogens (tertiary/aromatic N) is 4. The molecule has 0 bridgehead atoms. The second kappa shape index (κ2) is 11.5. The summed E-state index contributed by atoms with van der Waals surface area (Å²) in [7, 11) is 3.52. The fourth-order valence-corrected chi connectivity index (χ4v) is 3.52. The zero-order valence-electron chi connectivity index (χ0n) is 19.1. The highest BCUT2D eigenvalue weighted by Gasteiger charge is 2.23. The fraction of sp³-hybridized carbons (Fsp3) is 0.458. The number of pyridine rings is 1. The number of benzene rings is 1. The molecule has 0 spiro atoms. The van der Waals surface area contributed by atoms with Crippen LogP contribution >= 0.6 is 0 Å². The molecule has 0 saturated carbocycles. The Kier molecular flexibility index (Phi) is 8.44. The van der Waals surface area contributed by atoms with E-state index >= 15 is 0 Å². The highest BCUT2D eigenvalue weighted by molar-refractivity contribution is 5.95. The predicted octanol–water partition coefficient (Wildman–Crippen LogP) is 2.30. The number of carbonyl (C=O) groups is 2. The molecule has 1 aromatic heterocycles. The van der Waals surface area contributed by atoms with Gasteiger partial charge in [0, 0.05) is 63.8 Å². The number of aromatic nitrogens is 1. The molecule has 0 N–H and O–H groups in total. The lowest BCUT2D eigenvalue weighted by molar-refractivity contribution is -0.129. The molecule has 8 nitrogen and oxygen atoms in total. The molecule has 1 fully saturated rings. The smallest absolute Gasteiger partial charge is 0.254 e. The predicted molar refractivity (Wildman–Crippen MR) is 122 cm³/mol. The van der Waals surface area contributed by atoms with Crippen molar-refractivity contribution in [2.45, 2.75) is 20.0 Å². The van der Waals surface area contributed by atoms with E-state index in [9.17, 15) is 9.59 Å². The average molecular weight is 441 g/mol. The van der Waals surface area contributed by atoms with Crippen molar-refractivity contribution in [1.29, 1.82) is 0 Å². The molecule has 3 rings (SSSR count). The van der Waals surface area contributed by atoms with Crippen molar-refractivity contribution in [2.75, 3.05) is 53.4 Å². The third-order valence-corrected chi connectivity index (χ3v) is 5.34. The van der Waals surface area contributed by atoms with E-state index in [0.717, 1.165) is 18.5 Å². The fourth-order valence-electron chi connectivity index (χ4n) is 3.52. The molecule has 0 aliphatic carbocycles. The summed E-state index contributed by atoms with van der Waals surface area (Å²) in [5, 5.41) is 0. The number of amides is 2. The molecule has 2 aromatic rings. The topological polar surface area (TPSA) is 75.2 Å². The molecular weight excluding hydrogens is 408 g/mol. The number of ether oxygens (including phenoxy) is 2. The first-order valence-electron chi connectivity index (χ1n) is 11.0. The van der Waals surface area contributed by atoms with Crippen LogP contribution in [0, 0.1) is 0 Å². The molecule has 8 heteroatoms. The van der Waals surface area contributed by atoms with Crippen molar-refractivity contribution in [1.82, 2.24) is 19.7 Å². The standard InChI is InChI=1S/C24H32N4O4/c1-4-31-22-15-20(8-9-21(22)32-18-19-7-5-10-25-16-19)24(30)28-12-6-11-27(13-14-28)17-23(29)26(2)3/h5,7-10,15-16H,4,6,11-14,17-18H2,1-3H3. The summed E-state index contributed by atoms with van der Waals surface area (Å²) in [4.78, 5) is 34.8. The minimum atomic E-state index is -0.0365. The van der Waals surface area contributed by atoms with Gasteiger partial charge in [0.15, 0.2) is 11.5 Å². The van der Waals surface area contributed by atoms with Crippen molar-refractivity contribution < 1.29 is 19.1 Å². The van der Waals surface area contributed by atoms with E-state index in [0.29, 0.717) is 56.5 Å². The van der Waals surface area contributed by atoms with Crippen LogP contribution in [0.2, 0.25) is 0 Å². The molecule has 1 aromatic carbocycles. The van der Waals surface area contributed by atoms with Crippen LogP contribution in [0.15, 0.2) is 42.7 Å². The quantitative estimate of drug-likeness (QED) is 0.627. The second-order valence-corrected chi connectivity index (χ2v) is 7.95. The number of rotatable bonds is 8. The normalized spacial score (nSPS) is 14.5. The third kappa shape index (κ3) is 6.43. The lowest BCUT2D eigenvalue weighted by Gasteiger charge is -2.23. The minimum Gasteiger partial charge on any atom is -0.490 e. The molecule has 172 valence electrons. The van der Waals surface area contributed by atoms with Crippen molar-refractivity contribution in [3.63, 3.8) is 0 Å². The van der Waals surface area contributed by atoms with Gasteiger partial charge in [0.05, 0.1) is 13.2 Å². The van der Waals surface area contributed by atoms with E-state index in [-0.39, 0.29) is 11.8 Å². The van der Waals surface area contributed by atoms with Gasteiger partial charge >= 0.3 is 0 Å². The second-order valence-electron chi connectivity index (χ2n) is 7.95. The molecule has 1 saturated heterocycles. The Hall–Kier alpha value is -3.13. The van der Waals surface area contributed by atoms with Crippen LogP contribution in [0.4, 0.5) is 0 Å². The Labute approximate surface area is 189 Å². The summed E-state index contributed by atoms with van der Waals surface area (Å²) in [6, 6.07) is 9.13. The van der Waals surface area contributed by atoms with Crippen LogP contribution in [0.25, 0.3) is 0 Å². The first kappa shape index (κ1) is 23.5. The summed E-state index contributed by atoms with van der Waals surface area (Å²) < 4.78 is 11.7. The summed E-state index contributed by atoms with van der Waals surface area (Å²) in [6.45, 7) is 5.85. The van der Waals surface area contributed by atoms with Gasteiger partial charge in [-0.1, -0.05) is 6.07 Å². The highest BCUT2D eigenvalue weighted by atomic mass is 16.5. The molecule has 2 amide bonds. The Bertz CT molecular complexity index is 904. The highest BCUT2D eigenvalue weighted by Crippen LogP contribution is 2.30. The van der Waals surface area contributed by atoms with E-state index in [1.54, 1.807) is 49.6 Å². The SMILES string of the molecule is CCOc1cc(C(=O)N2CCCN(CC(=O)N(C)C)CC2)ccc1OCc1cccnc1. The molecule has 0 unspecified atom stereocenters. The summed E-state index contributed by atoms with van der Waals surface area (Å²) in [6.07, 6.45) is 4.31. The van der Waals surface area contributed by atoms with Crippen molar-refractivity contribution in [2.24, 2.45) is 0 Å². The van der Waals surface area contributed by atoms with Gasteiger partial charge in [-0.15, -0.1) is 0 Å². The number of hydrogen-bond donors (Lipinski definition) is 0. The Morgan fingerprint density at radius 3 is 2.62 bits per heavy atom. The van der Waals surface area contributed by atoms with Gasteiger partial charge in [-0.05, 0) is 37.6 Å². The number of likely N-dealkylation sites (N-methyl/N-ethyl adjacent to an activating group) is 1. The molecule has 1 aliphatic heterocycles. The lowest BCUT2D eigenvalue weighted by Crippen LogP contribution is -2.39. The number of hydrogen-bond acceptors (Lipinski definition) is 6. The van der Waals surface area contributed by atoms with Crippen LogP contribution in [0.1, 0.15) is 29.3 Å². The zero-order valence-corrected chi connectivity index (χ0v) is 19.1. The molecule has 2 heterocycles. The van der Waals surface area contributed by atoms with Gasteiger partial charge in [-0.25, -0.2) is 0 Å². The molecular formula is C24H32N4O4. The maximum Gasteiger partial charge on any atom is 0.254 e.